The van der Waals surface area contributed by atoms with E-state index < -0.39 is 17.4 Å². The zero-order valence-electron chi connectivity index (χ0n) is 12.6. The first kappa shape index (κ1) is 16.9. The maximum atomic E-state index is 14.2. The number of methoxy groups -OCH3 is 1. The Hall–Kier alpha value is -2.47. The molecule has 0 aliphatic carbocycles. The van der Waals surface area contributed by atoms with E-state index in [1.807, 2.05) is 0 Å². The predicted molar refractivity (Wildman–Crippen MR) is 81.1 cm³/mol. The number of alkyl halides is 2. The zero-order chi connectivity index (χ0) is 16.9. The van der Waals surface area contributed by atoms with Crippen LogP contribution in [0.2, 0.25) is 0 Å². The second kappa shape index (κ2) is 7.19. The van der Waals surface area contributed by atoms with Crippen molar-refractivity contribution >= 4 is 5.91 Å². The van der Waals surface area contributed by atoms with Crippen LogP contribution in [0.25, 0.3) is 0 Å². The summed E-state index contributed by atoms with van der Waals surface area (Å²) < 4.78 is 33.2. The van der Waals surface area contributed by atoms with Gasteiger partial charge in [0.2, 0.25) is 0 Å². The van der Waals surface area contributed by atoms with Crippen molar-refractivity contribution in [3.05, 3.63) is 65.2 Å². The van der Waals surface area contributed by atoms with Crippen molar-refractivity contribution in [2.45, 2.75) is 19.1 Å². The molecule has 2 aromatic carbocycles. The second-order valence-corrected chi connectivity index (χ2v) is 4.91. The van der Waals surface area contributed by atoms with Crippen LogP contribution in [0.15, 0.2) is 48.5 Å². The molecule has 1 amide bonds. The number of hydrogen-bond donors (Lipinski definition) is 2. The van der Waals surface area contributed by atoms with Crippen molar-refractivity contribution < 1.29 is 23.4 Å². The van der Waals surface area contributed by atoms with Crippen LogP contribution in [-0.2, 0) is 23.9 Å². The van der Waals surface area contributed by atoms with Crippen LogP contribution < -0.4 is 10.1 Å². The number of aliphatic hydroxyl groups is 1. The minimum atomic E-state index is -3.65. The van der Waals surface area contributed by atoms with E-state index in [9.17, 15) is 18.7 Å². The second-order valence-electron chi connectivity index (χ2n) is 4.91. The SMILES string of the molecule is COc1ccc(C(F)(F)C(=O)NCc2ccccc2CO)cc1. The van der Waals surface area contributed by atoms with E-state index >= 15 is 0 Å². The lowest BCUT2D eigenvalue weighted by atomic mass is 10.1. The van der Waals surface area contributed by atoms with Crippen molar-refractivity contribution in [1.82, 2.24) is 5.32 Å². The summed E-state index contributed by atoms with van der Waals surface area (Å²) in [7, 11) is 1.43. The van der Waals surface area contributed by atoms with Crippen LogP contribution in [0, 0.1) is 0 Å². The number of ether oxygens (including phenoxy) is 1. The summed E-state index contributed by atoms with van der Waals surface area (Å²) in [5.74, 6) is -4.61. The Bertz CT molecular complexity index is 672. The third-order valence-corrected chi connectivity index (χ3v) is 3.47. The average Bonchev–Trinajstić information content (AvgIpc) is 2.59. The molecule has 0 saturated heterocycles. The number of nitrogens with one attached hydrogen (secondary N) is 1. The molecule has 2 N–H and O–H groups in total. The number of carbonyl (C=O) groups is 1. The van der Waals surface area contributed by atoms with Crippen LogP contribution in [0.1, 0.15) is 16.7 Å². The summed E-state index contributed by atoms with van der Waals surface area (Å²) in [5, 5.41) is 11.4. The predicted octanol–water partition coefficient (Wildman–Crippen LogP) is 2.60. The third kappa shape index (κ3) is 3.84. The molecule has 0 unspecified atom stereocenters. The number of carbonyl (C=O) groups excluding carboxylic acids is 1. The molecule has 0 radical (unpaired) electrons. The van der Waals surface area contributed by atoms with Gasteiger partial charge in [0.15, 0.2) is 0 Å². The molecule has 0 bridgehead atoms. The molecule has 0 spiro atoms. The number of rotatable bonds is 6. The Morgan fingerprint density at radius 3 is 2.30 bits per heavy atom. The van der Waals surface area contributed by atoms with Gasteiger partial charge in [0.05, 0.1) is 13.7 Å². The van der Waals surface area contributed by atoms with Gasteiger partial charge < -0.3 is 15.2 Å². The Morgan fingerprint density at radius 1 is 1.13 bits per heavy atom. The molecule has 23 heavy (non-hydrogen) atoms. The third-order valence-electron chi connectivity index (χ3n) is 3.47. The van der Waals surface area contributed by atoms with Gasteiger partial charge in [-0.05, 0) is 35.4 Å². The minimum Gasteiger partial charge on any atom is -0.497 e. The molecule has 122 valence electrons. The van der Waals surface area contributed by atoms with E-state index in [1.165, 1.54) is 19.2 Å². The van der Waals surface area contributed by atoms with Gasteiger partial charge in [-0.25, -0.2) is 0 Å². The number of hydrogen-bond acceptors (Lipinski definition) is 3. The summed E-state index contributed by atoms with van der Waals surface area (Å²) >= 11 is 0. The summed E-state index contributed by atoms with van der Waals surface area (Å²) in [6.07, 6.45) is 0. The van der Waals surface area contributed by atoms with Crippen LogP contribution in [0.5, 0.6) is 5.75 Å². The lowest BCUT2D eigenvalue weighted by Gasteiger charge is -2.17. The highest BCUT2D eigenvalue weighted by Gasteiger charge is 2.40. The number of benzene rings is 2. The molecular weight excluding hydrogens is 304 g/mol. The smallest absolute Gasteiger partial charge is 0.349 e. The highest BCUT2D eigenvalue weighted by Crippen LogP contribution is 2.29. The molecule has 4 nitrogen and oxygen atoms in total. The Morgan fingerprint density at radius 2 is 1.74 bits per heavy atom. The molecule has 0 aliphatic rings. The monoisotopic (exact) mass is 321 g/mol. The molecule has 0 atom stereocenters. The van der Waals surface area contributed by atoms with Crippen molar-refractivity contribution in [2.24, 2.45) is 0 Å². The van der Waals surface area contributed by atoms with Gasteiger partial charge in [-0.3, -0.25) is 4.79 Å². The van der Waals surface area contributed by atoms with Crippen molar-refractivity contribution in [2.75, 3.05) is 7.11 Å². The average molecular weight is 321 g/mol. The Balaban J connectivity index is 2.08. The molecule has 2 aromatic rings. The zero-order valence-corrected chi connectivity index (χ0v) is 12.6. The fourth-order valence-electron chi connectivity index (χ4n) is 2.10. The van der Waals surface area contributed by atoms with Gasteiger partial charge in [-0.15, -0.1) is 0 Å². The van der Waals surface area contributed by atoms with Crippen LogP contribution >= 0.6 is 0 Å². The normalized spacial score (nSPS) is 11.1. The maximum absolute atomic E-state index is 14.2. The largest absolute Gasteiger partial charge is 0.497 e. The van der Waals surface area contributed by atoms with E-state index in [0.29, 0.717) is 16.9 Å². The molecule has 0 saturated carbocycles. The standard InChI is InChI=1S/C17H17F2NO3/c1-23-15-8-6-14(7-9-15)17(18,19)16(22)20-10-12-4-2-3-5-13(12)11-21/h2-9,21H,10-11H2,1H3,(H,20,22). The van der Waals surface area contributed by atoms with E-state index in [4.69, 9.17) is 4.74 Å². The summed E-state index contributed by atoms with van der Waals surface area (Å²) in [6.45, 7) is -0.303. The van der Waals surface area contributed by atoms with E-state index in [2.05, 4.69) is 5.32 Å². The Labute approximate surface area is 132 Å². The molecule has 0 aliphatic heterocycles. The van der Waals surface area contributed by atoms with E-state index in [-0.39, 0.29) is 13.2 Å². The molecular formula is C17H17F2NO3. The maximum Gasteiger partial charge on any atom is 0.349 e. The van der Waals surface area contributed by atoms with Gasteiger partial charge >= 0.3 is 5.92 Å². The first-order valence-corrected chi connectivity index (χ1v) is 6.97. The Kier molecular flexibility index (Phi) is 5.28. The molecule has 0 fully saturated rings. The van der Waals surface area contributed by atoms with Crippen molar-refractivity contribution in [3.8, 4) is 5.75 Å². The van der Waals surface area contributed by atoms with Gasteiger partial charge in [0.25, 0.3) is 5.91 Å². The van der Waals surface area contributed by atoms with Gasteiger partial charge in [0, 0.05) is 12.1 Å². The highest BCUT2D eigenvalue weighted by molar-refractivity contribution is 5.84. The summed E-state index contributed by atoms with van der Waals surface area (Å²) in [4.78, 5) is 11.8. The first-order valence-electron chi connectivity index (χ1n) is 6.97. The van der Waals surface area contributed by atoms with Gasteiger partial charge in [0.1, 0.15) is 5.75 Å². The van der Waals surface area contributed by atoms with E-state index in [1.54, 1.807) is 24.3 Å². The number of amides is 1. The number of aliphatic hydroxyl groups excluding tert-OH is 1. The molecule has 0 aromatic heterocycles. The van der Waals surface area contributed by atoms with Crippen molar-refractivity contribution in [3.63, 3.8) is 0 Å². The quantitative estimate of drug-likeness (QED) is 0.860. The van der Waals surface area contributed by atoms with Crippen molar-refractivity contribution in [1.29, 1.82) is 0 Å². The lowest BCUT2D eigenvalue weighted by molar-refractivity contribution is -0.147. The molecule has 6 heteroatoms. The number of halogens is 2. The first-order chi connectivity index (χ1) is 11.0. The minimum absolute atomic E-state index is 0.0820. The molecule has 2 rings (SSSR count). The topological polar surface area (TPSA) is 58.6 Å². The fraction of sp³-hybridized carbons (Fsp3) is 0.235. The van der Waals surface area contributed by atoms with Crippen LogP contribution in [-0.4, -0.2) is 18.1 Å². The van der Waals surface area contributed by atoms with Gasteiger partial charge in [-0.2, -0.15) is 8.78 Å². The summed E-state index contributed by atoms with van der Waals surface area (Å²) in [5.41, 5.74) is 0.765. The summed E-state index contributed by atoms with van der Waals surface area (Å²) in [6, 6.07) is 11.8. The fourth-order valence-corrected chi connectivity index (χ4v) is 2.10. The van der Waals surface area contributed by atoms with Crippen LogP contribution in [0.4, 0.5) is 8.78 Å². The highest BCUT2D eigenvalue weighted by atomic mass is 19.3. The van der Waals surface area contributed by atoms with Crippen LogP contribution in [0.3, 0.4) is 0 Å². The van der Waals surface area contributed by atoms with E-state index in [0.717, 1.165) is 12.1 Å². The van der Waals surface area contributed by atoms with Gasteiger partial charge in [-0.1, -0.05) is 24.3 Å². The lowest BCUT2D eigenvalue weighted by Crippen LogP contribution is -2.37. The molecule has 0 heterocycles.